The SMILES string of the molecule is CCc1ccc(NC(=O)CSc2ccc(F)c(F)c2)cc1. The molecule has 0 saturated heterocycles. The van der Waals surface area contributed by atoms with Gasteiger partial charge in [0.1, 0.15) is 0 Å². The van der Waals surface area contributed by atoms with Gasteiger partial charge >= 0.3 is 0 Å². The highest BCUT2D eigenvalue weighted by Crippen LogP contribution is 2.20. The summed E-state index contributed by atoms with van der Waals surface area (Å²) in [5.41, 5.74) is 1.92. The third-order valence-corrected chi connectivity index (χ3v) is 3.90. The molecule has 0 heterocycles. The first-order chi connectivity index (χ1) is 10.1. The van der Waals surface area contributed by atoms with Gasteiger partial charge in [0.05, 0.1) is 5.75 Å². The first-order valence-electron chi connectivity index (χ1n) is 6.55. The Bertz CT molecular complexity index is 629. The van der Waals surface area contributed by atoms with Crippen LogP contribution in [0, 0.1) is 11.6 Å². The van der Waals surface area contributed by atoms with Crippen LogP contribution in [0.1, 0.15) is 12.5 Å². The molecule has 0 aliphatic carbocycles. The Labute approximate surface area is 126 Å². The summed E-state index contributed by atoms with van der Waals surface area (Å²) in [4.78, 5) is 12.3. The summed E-state index contributed by atoms with van der Waals surface area (Å²) in [5.74, 6) is -1.84. The van der Waals surface area contributed by atoms with Crippen molar-refractivity contribution in [1.29, 1.82) is 0 Å². The van der Waals surface area contributed by atoms with E-state index >= 15 is 0 Å². The summed E-state index contributed by atoms with van der Waals surface area (Å²) in [7, 11) is 0. The molecule has 5 heteroatoms. The summed E-state index contributed by atoms with van der Waals surface area (Å²) in [6, 6.07) is 11.2. The van der Waals surface area contributed by atoms with Gasteiger partial charge in [-0.3, -0.25) is 4.79 Å². The zero-order chi connectivity index (χ0) is 15.2. The van der Waals surface area contributed by atoms with E-state index in [9.17, 15) is 13.6 Å². The molecular weight excluding hydrogens is 292 g/mol. The van der Waals surface area contributed by atoms with Gasteiger partial charge in [0.2, 0.25) is 5.91 Å². The molecule has 0 spiro atoms. The minimum absolute atomic E-state index is 0.139. The van der Waals surface area contributed by atoms with Gasteiger partial charge in [-0.05, 0) is 42.3 Å². The number of amides is 1. The molecule has 2 nitrogen and oxygen atoms in total. The molecule has 1 amide bonds. The van der Waals surface area contributed by atoms with Gasteiger partial charge < -0.3 is 5.32 Å². The van der Waals surface area contributed by atoms with Gasteiger partial charge in [0.25, 0.3) is 0 Å². The maximum atomic E-state index is 13.0. The van der Waals surface area contributed by atoms with Gasteiger partial charge in [0.15, 0.2) is 11.6 Å². The predicted molar refractivity (Wildman–Crippen MR) is 81.5 cm³/mol. The third kappa shape index (κ3) is 4.56. The number of halogens is 2. The fourth-order valence-electron chi connectivity index (χ4n) is 1.74. The van der Waals surface area contributed by atoms with E-state index in [1.165, 1.54) is 11.6 Å². The van der Waals surface area contributed by atoms with Crippen molar-refractivity contribution in [3.63, 3.8) is 0 Å². The molecule has 2 aromatic rings. The molecule has 0 aliphatic heterocycles. The summed E-state index contributed by atoms with van der Waals surface area (Å²) >= 11 is 1.16. The smallest absolute Gasteiger partial charge is 0.234 e. The minimum Gasteiger partial charge on any atom is -0.325 e. The molecule has 110 valence electrons. The number of hydrogen-bond acceptors (Lipinski definition) is 2. The number of carbonyl (C=O) groups excluding carboxylic acids is 1. The molecule has 0 aromatic heterocycles. The largest absolute Gasteiger partial charge is 0.325 e. The normalized spacial score (nSPS) is 10.4. The highest BCUT2D eigenvalue weighted by molar-refractivity contribution is 8.00. The summed E-state index contributed by atoms with van der Waals surface area (Å²) in [5, 5.41) is 2.76. The molecule has 0 radical (unpaired) electrons. The first-order valence-corrected chi connectivity index (χ1v) is 7.53. The van der Waals surface area contributed by atoms with Crippen molar-refractivity contribution in [3.8, 4) is 0 Å². The lowest BCUT2D eigenvalue weighted by atomic mass is 10.1. The average Bonchev–Trinajstić information content (AvgIpc) is 2.49. The fourth-order valence-corrected chi connectivity index (χ4v) is 2.46. The van der Waals surface area contributed by atoms with Gasteiger partial charge in [-0.2, -0.15) is 0 Å². The Morgan fingerprint density at radius 1 is 1.10 bits per heavy atom. The molecule has 2 rings (SSSR count). The Balaban J connectivity index is 1.87. The topological polar surface area (TPSA) is 29.1 Å². The number of thioether (sulfide) groups is 1. The van der Waals surface area contributed by atoms with Crippen molar-refractivity contribution >= 4 is 23.4 Å². The van der Waals surface area contributed by atoms with E-state index in [4.69, 9.17) is 0 Å². The van der Waals surface area contributed by atoms with Gasteiger partial charge in [-0.1, -0.05) is 19.1 Å². The van der Waals surface area contributed by atoms with Crippen LogP contribution < -0.4 is 5.32 Å². The van der Waals surface area contributed by atoms with Gasteiger partial charge in [-0.15, -0.1) is 11.8 Å². The number of carbonyl (C=O) groups is 1. The number of anilines is 1. The fraction of sp³-hybridized carbons (Fsp3) is 0.188. The number of hydrogen-bond donors (Lipinski definition) is 1. The van der Waals surface area contributed by atoms with Crippen LogP contribution in [0.5, 0.6) is 0 Å². The Morgan fingerprint density at radius 3 is 2.43 bits per heavy atom. The molecule has 2 aromatic carbocycles. The second-order valence-corrected chi connectivity index (χ2v) is 5.51. The Hall–Kier alpha value is -1.88. The highest BCUT2D eigenvalue weighted by atomic mass is 32.2. The van der Waals surface area contributed by atoms with Crippen LogP contribution >= 0.6 is 11.8 Å². The maximum absolute atomic E-state index is 13.0. The van der Waals surface area contributed by atoms with E-state index in [2.05, 4.69) is 12.2 Å². The zero-order valence-corrected chi connectivity index (χ0v) is 12.3. The third-order valence-electron chi connectivity index (χ3n) is 2.91. The number of aryl methyl sites for hydroxylation is 1. The number of rotatable bonds is 5. The minimum atomic E-state index is -0.907. The molecule has 21 heavy (non-hydrogen) atoms. The number of benzene rings is 2. The van der Waals surface area contributed by atoms with Crippen LogP contribution in [-0.4, -0.2) is 11.7 Å². The van der Waals surface area contributed by atoms with Crippen molar-refractivity contribution < 1.29 is 13.6 Å². The van der Waals surface area contributed by atoms with Crippen LogP contribution in [0.25, 0.3) is 0 Å². The number of nitrogens with one attached hydrogen (secondary N) is 1. The molecule has 0 fully saturated rings. The van der Waals surface area contributed by atoms with Gasteiger partial charge in [-0.25, -0.2) is 8.78 Å². The van der Waals surface area contributed by atoms with Crippen molar-refractivity contribution in [2.45, 2.75) is 18.2 Å². The predicted octanol–water partition coefficient (Wildman–Crippen LogP) is 4.26. The zero-order valence-electron chi connectivity index (χ0n) is 11.5. The molecule has 0 atom stereocenters. The monoisotopic (exact) mass is 307 g/mol. The molecule has 0 bridgehead atoms. The first kappa shape index (κ1) is 15.5. The van der Waals surface area contributed by atoms with E-state index in [0.29, 0.717) is 4.90 Å². The van der Waals surface area contributed by atoms with Crippen molar-refractivity contribution in [3.05, 3.63) is 59.7 Å². The molecule has 1 N–H and O–H groups in total. The Kier molecular flexibility index (Phi) is 5.33. The maximum Gasteiger partial charge on any atom is 0.234 e. The van der Waals surface area contributed by atoms with E-state index < -0.39 is 11.6 Å². The standard InChI is InChI=1S/C16H15F2NOS/c1-2-11-3-5-12(6-4-11)19-16(20)10-21-13-7-8-14(17)15(18)9-13/h3-9H,2,10H2,1H3,(H,19,20). The van der Waals surface area contributed by atoms with Crippen molar-refractivity contribution in [1.82, 2.24) is 0 Å². The van der Waals surface area contributed by atoms with Crippen LogP contribution in [0.3, 0.4) is 0 Å². The summed E-state index contributed by atoms with van der Waals surface area (Å²) in [6.07, 6.45) is 0.945. The van der Waals surface area contributed by atoms with Crippen LogP contribution in [0.2, 0.25) is 0 Å². The van der Waals surface area contributed by atoms with Crippen LogP contribution in [-0.2, 0) is 11.2 Å². The lowest BCUT2D eigenvalue weighted by Crippen LogP contribution is -2.13. The van der Waals surface area contributed by atoms with Crippen LogP contribution in [0.15, 0.2) is 47.4 Å². The second kappa shape index (κ2) is 7.22. The average molecular weight is 307 g/mol. The second-order valence-electron chi connectivity index (χ2n) is 4.46. The van der Waals surface area contributed by atoms with Crippen molar-refractivity contribution in [2.24, 2.45) is 0 Å². The van der Waals surface area contributed by atoms with Crippen LogP contribution in [0.4, 0.5) is 14.5 Å². The van der Waals surface area contributed by atoms with E-state index in [1.807, 2.05) is 24.3 Å². The molecule has 0 saturated carbocycles. The summed E-state index contributed by atoms with van der Waals surface area (Å²) in [6.45, 7) is 2.06. The summed E-state index contributed by atoms with van der Waals surface area (Å²) < 4.78 is 25.8. The van der Waals surface area contributed by atoms with E-state index in [0.717, 1.165) is 36.0 Å². The molecule has 0 aliphatic rings. The Morgan fingerprint density at radius 2 is 1.81 bits per heavy atom. The lowest BCUT2D eigenvalue weighted by Gasteiger charge is -2.06. The van der Waals surface area contributed by atoms with E-state index in [1.54, 1.807) is 0 Å². The quantitative estimate of drug-likeness (QED) is 0.836. The van der Waals surface area contributed by atoms with Crippen molar-refractivity contribution in [2.75, 3.05) is 11.1 Å². The lowest BCUT2D eigenvalue weighted by molar-refractivity contribution is -0.113. The molecular formula is C16H15F2NOS. The van der Waals surface area contributed by atoms with Gasteiger partial charge in [0, 0.05) is 10.6 Å². The molecule has 0 unspecified atom stereocenters. The highest BCUT2D eigenvalue weighted by Gasteiger charge is 2.06. The van der Waals surface area contributed by atoms with E-state index in [-0.39, 0.29) is 11.7 Å².